The smallest absolute Gasteiger partial charge is 0.278 e. The molecule has 0 radical (unpaired) electrons. The largest absolute Gasteiger partial charge is 0.368 e. The highest BCUT2D eigenvalue weighted by molar-refractivity contribution is 7.96. The zero-order valence-corrected chi connectivity index (χ0v) is 18.5. The van der Waals surface area contributed by atoms with Gasteiger partial charge in [0.1, 0.15) is 0 Å². The second-order valence-corrected chi connectivity index (χ2v) is 9.42. The van der Waals surface area contributed by atoms with Crippen LogP contribution >= 0.6 is 12.6 Å². The number of nitrogens with zero attached hydrogens (tertiary/aromatic N) is 4. The van der Waals surface area contributed by atoms with Gasteiger partial charge in [-0.1, -0.05) is 30.8 Å². The van der Waals surface area contributed by atoms with E-state index >= 15 is 0 Å². The van der Waals surface area contributed by atoms with Crippen LogP contribution in [-0.4, -0.2) is 54.7 Å². The molecule has 0 bridgehead atoms. The summed E-state index contributed by atoms with van der Waals surface area (Å²) < 4.78 is 28.1. The van der Waals surface area contributed by atoms with Crippen LogP contribution in [0, 0.1) is 0 Å². The van der Waals surface area contributed by atoms with Crippen LogP contribution in [-0.2, 0) is 16.6 Å². The number of anilines is 2. The number of imidazole rings is 1. The number of nitrogens with one attached hydrogen (secondary N) is 1. The van der Waals surface area contributed by atoms with Crippen LogP contribution in [0.1, 0.15) is 5.69 Å². The van der Waals surface area contributed by atoms with Crippen molar-refractivity contribution in [2.75, 3.05) is 35.4 Å². The highest BCUT2D eigenvalue weighted by Gasteiger charge is 2.26. The molecule has 31 heavy (non-hydrogen) atoms. The highest BCUT2D eigenvalue weighted by atomic mass is 32.2. The van der Waals surface area contributed by atoms with Crippen LogP contribution in [0.15, 0.2) is 72.0 Å². The van der Waals surface area contributed by atoms with E-state index in [1.54, 1.807) is 41.4 Å². The van der Waals surface area contributed by atoms with Crippen molar-refractivity contribution < 1.29 is 13.2 Å². The van der Waals surface area contributed by atoms with E-state index < -0.39 is 10.0 Å². The average molecular weight is 458 g/mol. The van der Waals surface area contributed by atoms with Crippen molar-refractivity contribution in [1.29, 1.82) is 0 Å². The Morgan fingerprint density at radius 2 is 1.71 bits per heavy atom. The van der Waals surface area contributed by atoms with Crippen LogP contribution in [0.5, 0.6) is 0 Å². The van der Waals surface area contributed by atoms with E-state index in [0.29, 0.717) is 37.6 Å². The van der Waals surface area contributed by atoms with E-state index in [2.05, 4.69) is 27.5 Å². The first kappa shape index (κ1) is 21.3. The topological polar surface area (TPSA) is 89.6 Å². The van der Waals surface area contributed by atoms with E-state index in [1.165, 1.54) is 10.6 Å². The lowest BCUT2D eigenvalue weighted by molar-refractivity contribution is 0.220. The van der Waals surface area contributed by atoms with E-state index in [0.717, 1.165) is 5.69 Å². The van der Waals surface area contributed by atoms with Crippen molar-refractivity contribution in [3.63, 3.8) is 0 Å². The van der Waals surface area contributed by atoms with Gasteiger partial charge in [-0.15, -0.1) is 0 Å². The number of sulfonamides is 1. The van der Waals surface area contributed by atoms with Crippen LogP contribution in [0.25, 0.3) is 0 Å². The molecule has 1 aliphatic heterocycles. The molecule has 3 aromatic rings. The first-order chi connectivity index (χ1) is 14.9. The van der Waals surface area contributed by atoms with Gasteiger partial charge in [-0.25, -0.2) is 13.4 Å². The zero-order chi connectivity index (χ0) is 21.8. The Bertz CT molecular complexity index is 1110. The molecule has 1 amide bonds. The summed E-state index contributed by atoms with van der Waals surface area (Å²) in [5.74, 6) is 0. The van der Waals surface area contributed by atoms with Gasteiger partial charge in [0.25, 0.3) is 15.3 Å². The summed E-state index contributed by atoms with van der Waals surface area (Å²) in [6.45, 7) is 2.76. The maximum Gasteiger partial charge on any atom is 0.278 e. The summed E-state index contributed by atoms with van der Waals surface area (Å²) in [5.41, 5.74) is 2.23. The molecule has 1 aromatic heterocycles. The number of amides is 1. The number of aromatic amines is 1. The lowest BCUT2D eigenvalue weighted by atomic mass is 10.2. The lowest BCUT2D eigenvalue weighted by Gasteiger charge is -2.35. The number of hydrogen-bond acceptors (Lipinski definition) is 5. The normalized spacial score (nSPS) is 14.5. The van der Waals surface area contributed by atoms with Crippen molar-refractivity contribution in [2.45, 2.75) is 11.4 Å². The number of hydrogen-bond donors (Lipinski definition) is 2. The first-order valence-corrected chi connectivity index (χ1v) is 11.7. The molecular formula is C21H23N5O3S2. The third kappa shape index (κ3) is 4.70. The van der Waals surface area contributed by atoms with E-state index in [9.17, 15) is 13.2 Å². The van der Waals surface area contributed by atoms with Gasteiger partial charge in [-0.2, -0.15) is 0 Å². The summed E-state index contributed by atoms with van der Waals surface area (Å²) in [5, 5.41) is -0.212. The van der Waals surface area contributed by atoms with Crippen LogP contribution < -0.4 is 9.21 Å². The fourth-order valence-electron chi connectivity index (χ4n) is 3.55. The molecular weight excluding hydrogens is 434 g/mol. The quantitative estimate of drug-likeness (QED) is 0.556. The van der Waals surface area contributed by atoms with Gasteiger partial charge in [0, 0.05) is 38.1 Å². The maximum atomic E-state index is 13.4. The Morgan fingerprint density at radius 3 is 2.29 bits per heavy atom. The predicted octanol–water partition coefficient (Wildman–Crippen LogP) is 2.98. The van der Waals surface area contributed by atoms with Gasteiger partial charge in [0.05, 0.1) is 29.1 Å². The van der Waals surface area contributed by atoms with E-state index in [4.69, 9.17) is 0 Å². The van der Waals surface area contributed by atoms with Crippen molar-refractivity contribution in [3.05, 3.63) is 72.8 Å². The maximum absolute atomic E-state index is 13.4. The molecule has 0 unspecified atom stereocenters. The molecule has 162 valence electrons. The Balaban J connectivity index is 1.59. The van der Waals surface area contributed by atoms with Crippen LogP contribution in [0.2, 0.25) is 0 Å². The standard InChI is InChI=1S/C21H23N5O3S2/c27-21(30)25-12-10-24(11-13-25)18-6-8-19(9-7-18)26(15-17-14-22-16-23-17)31(28,29)20-4-2-1-3-5-20/h1-9,14,16H,10-13,15H2,(H,22,23)(H,27,30). The molecule has 1 aliphatic rings. The molecule has 0 aliphatic carbocycles. The van der Waals surface area contributed by atoms with Gasteiger partial charge in [-0.05, 0) is 36.4 Å². The van der Waals surface area contributed by atoms with Gasteiger partial charge < -0.3 is 14.8 Å². The van der Waals surface area contributed by atoms with Crippen LogP contribution in [0.4, 0.5) is 16.2 Å². The Kier molecular flexibility index (Phi) is 6.19. The number of carbonyl (C=O) groups is 1. The zero-order valence-electron chi connectivity index (χ0n) is 16.8. The monoisotopic (exact) mass is 457 g/mol. The minimum atomic E-state index is -3.77. The van der Waals surface area contributed by atoms with Crippen LogP contribution in [0.3, 0.4) is 0 Å². The van der Waals surface area contributed by atoms with Gasteiger partial charge in [0.15, 0.2) is 0 Å². The number of rotatable bonds is 6. The summed E-state index contributed by atoms with van der Waals surface area (Å²) in [6.07, 6.45) is 3.14. The predicted molar refractivity (Wildman–Crippen MR) is 123 cm³/mol. The van der Waals surface area contributed by atoms with Crippen molar-refractivity contribution in [1.82, 2.24) is 14.9 Å². The number of benzene rings is 2. The number of aromatic nitrogens is 2. The van der Waals surface area contributed by atoms with Gasteiger partial charge in [-0.3, -0.25) is 9.10 Å². The molecule has 4 rings (SSSR count). The van der Waals surface area contributed by atoms with Crippen molar-refractivity contribution in [3.8, 4) is 0 Å². The van der Waals surface area contributed by atoms with Gasteiger partial charge in [0.2, 0.25) is 0 Å². The lowest BCUT2D eigenvalue weighted by Crippen LogP contribution is -2.47. The minimum absolute atomic E-state index is 0.138. The number of H-pyrrole nitrogens is 1. The summed E-state index contributed by atoms with van der Waals surface area (Å²) in [7, 11) is -3.77. The number of carbonyl (C=O) groups excluding carboxylic acids is 1. The molecule has 1 N–H and O–H groups in total. The SMILES string of the molecule is O=C(S)N1CCN(c2ccc(N(Cc3cnc[nH]3)S(=O)(=O)c3ccccc3)cc2)CC1. The number of thiol groups is 1. The third-order valence-electron chi connectivity index (χ3n) is 5.25. The van der Waals surface area contributed by atoms with E-state index in [-0.39, 0.29) is 16.7 Å². The minimum Gasteiger partial charge on any atom is -0.368 e. The fourth-order valence-corrected chi connectivity index (χ4v) is 5.21. The highest BCUT2D eigenvalue weighted by Crippen LogP contribution is 2.28. The molecule has 0 spiro atoms. The summed E-state index contributed by atoms with van der Waals surface area (Å²) >= 11 is 3.89. The molecule has 0 saturated carbocycles. The van der Waals surface area contributed by atoms with E-state index in [1.807, 2.05) is 24.3 Å². The Labute approximate surface area is 187 Å². The average Bonchev–Trinajstić information content (AvgIpc) is 3.32. The van der Waals surface area contributed by atoms with Gasteiger partial charge >= 0.3 is 0 Å². The molecule has 0 atom stereocenters. The molecule has 2 heterocycles. The Morgan fingerprint density at radius 1 is 1.03 bits per heavy atom. The Hall–Kier alpha value is -2.98. The molecule has 8 nitrogen and oxygen atoms in total. The number of piperazine rings is 1. The molecule has 2 aromatic carbocycles. The third-order valence-corrected chi connectivity index (χ3v) is 7.32. The van der Waals surface area contributed by atoms with Crippen molar-refractivity contribution >= 4 is 39.3 Å². The second kappa shape index (κ2) is 9.03. The van der Waals surface area contributed by atoms with Crippen molar-refractivity contribution in [2.24, 2.45) is 0 Å². The first-order valence-electron chi connectivity index (χ1n) is 9.83. The summed E-state index contributed by atoms with van der Waals surface area (Å²) in [6, 6.07) is 15.8. The molecule has 1 saturated heterocycles. The second-order valence-electron chi connectivity index (χ2n) is 7.17. The summed E-state index contributed by atoms with van der Waals surface area (Å²) in [4.78, 5) is 22.5. The molecule has 1 fully saturated rings. The molecule has 10 heteroatoms. The fraction of sp³-hybridized carbons (Fsp3) is 0.238.